The monoisotopic (exact) mass is 809 g/mol. The zero-order valence-corrected chi connectivity index (χ0v) is 33.4. The molecular formula is C38H56F5N3O10. The molecule has 0 fully saturated rings. The van der Waals surface area contributed by atoms with E-state index in [0.29, 0.717) is 32.1 Å². The van der Waals surface area contributed by atoms with Gasteiger partial charge in [0.05, 0.1) is 6.61 Å². The molecule has 0 radical (unpaired) electrons. The molecule has 0 aliphatic carbocycles. The van der Waals surface area contributed by atoms with E-state index in [4.69, 9.17) is 14.2 Å². The second kappa shape index (κ2) is 23.5. The Morgan fingerprint density at radius 1 is 0.589 bits per heavy atom. The maximum Gasteiger partial charge on any atom is 0.329 e. The summed E-state index contributed by atoms with van der Waals surface area (Å²) in [6.07, 6.45) is 1.96. The van der Waals surface area contributed by atoms with Gasteiger partial charge in [0.15, 0.2) is 0 Å². The number of amides is 3. The number of halogens is 5. The number of hydrogen-bond donors (Lipinski definition) is 3. The van der Waals surface area contributed by atoms with E-state index < -0.39 is 88.0 Å². The highest BCUT2D eigenvalue weighted by Gasteiger charge is 2.31. The van der Waals surface area contributed by atoms with Crippen LogP contribution in [0.5, 0.6) is 5.75 Å². The molecule has 0 saturated carbocycles. The molecule has 0 heterocycles. The quantitative estimate of drug-likeness (QED) is 0.0220. The smallest absolute Gasteiger partial charge is 0.329 e. The van der Waals surface area contributed by atoms with Crippen LogP contribution in [0, 0.1) is 35.0 Å². The fourth-order valence-corrected chi connectivity index (χ4v) is 4.77. The fourth-order valence-electron chi connectivity index (χ4n) is 4.77. The molecule has 0 aliphatic heterocycles. The minimum atomic E-state index is -2.37. The molecule has 0 unspecified atom stereocenters. The summed E-state index contributed by atoms with van der Waals surface area (Å²) in [6.45, 7) is 14.1. The molecule has 13 nitrogen and oxygen atoms in total. The zero-order valence-electron chi connectivity index (χ0n) is 33.4. The Bertz CT molecular complexity index is 1480. The topological polar surface area (TPSA) is 175 Å². The molecule has 0 bridgehead atoms. The standard InChI is InChI=1S/C38H56F5N3O10/c1-22(2)21-53-34(50)23(45-36(52)46-24(35(51)56-38(6,7)8)18-19-27(49)55-37(3,4)5)15-13-14-20-44-25(47)16-11-9-10-12-17-26(48)54-33-31(42)29(40)28(39)30(41)32(33)43/h22-24H,9-21H2,1-8H3,(H,44,47)(H2,45,46,52)/t23-,24-/m0/s1. The Morgan fingerprint density at radius 2 is 1.11 bits per heavy atom. The van der Waals surface area contributed by atoms with Crippen LogP contribution < -0.4 is 20.7 Å². The van der Waals surface area contributed by atoms with Crippen LogP contribution >= 0.6 is 0 Å². The number of esters is 4. The highest BCUT2D eigenvalue weighted by molar-refractivity contribution is 5.87. The summed E-state index contributed by atoms with van der Waals surface area (Å²) in [5.74, 6) is -16.4. The van der Waals surface area contributed by atoms with E-state index in [1.165, 1.54) is 0 Å². The minimum absolute atomic E-state index is 0.0218. The van der Waals surface area contributed by atoms with Crippen LogP contribution in [-0.4, -0.2) is 72.3 Å². The summed E-state index contributed by atoms with van der Waals surface area (Å²) in [5, 5.41) is 7.79. The van der Waals surface area contributed by atoms with Gasteiger partial charge in [-0.25, -0.2) is 27.6 Å². The maximum atomic E-state index is 13.7. The number of ether oxygens (including phenoxy) is 4. The van der Waals surface area contributed by atoms with E-state index in [1.807, 2.05) is 13.8 Å². The highest BCUT2D eigenvalue weighted by atomic mass is 19.2. The van der Waals surface area contributed by atoms with E-state index in [0.717, 1.165) is 0 Å². The Hall–Kier alpha value is -4.51. The van der Waals surface area contributed by atoms with E-state index in [-0.39, 0.29) is 63.5 Å². The predicted octanol–water partition coefficient (Wildman–Crippen LogP) is 6.61. The number of rotatable bonds is 22. The summed E-state index contributed by atoms with van der Waals surface area (Å²) in [6, 6.07) is -3.18. The molecule has 3 N–H and O–H groups in total. The lowest BCUT2D eigenvalue weighted by atomic mass is 10.1. The van der Waals surface area contributed by atoms with Crippen molar-refractivity contribution in [2.75, 3.05) is 13.2 Å². The van der Waals surface area contributed by atoms with Gasteiger partial charge in [0.1, 0.15) is 23.3 Å². The summed E-state index contributed by atoms with van der Waals surface area (Å²) in [5.41, 5.74) is -1.63. The maximum absolute atomic E-state index is 13.7. The first kappa shape index (κ1) is 49.5. The van der Waals surface area contributed by atoms with Crippen molar-refractivity contribution < 1.29 is 69.7 Å². The lowest BCUT2D eigenvalue weighted by molar-refractivity contribution is -0.158. The van der Waals surface area contributed by atoms with Gasteiger partial charge in [0.25, 0.3) is 0 Å². The second-order valence-electron chi connectivity index (χ2n) is 15.5. The zero-order chi connectivity index (χ0) is 42.8. The van der Waals surface area contributed by atoms with Gasteiger partial charge in [-0.1, -0.05) is 26.7 Å². The van der Waals surface area contributed by atoms with Gasteiger partial charge in [-0.2, -0.15) is 8.78 Å². The molecule has 56 heavy (non-hydrogen) atoms. The molecule has 1 rings (SSSR count). The Labute approximate surface area is 324 Å². The van der Waals surface area contributed by atoms with Crippen molar-refractivity contribution in [3.05, 3.63) is 29.1 Å². The minimum Gasteiger partial charge on any atom is -0.464 e. The third-order valence-electron chi connectivity index (χ3n) is 7.36. The molecule has 0 saturated heterocycles. The molecular weight excluding hydrogens is 753 g/mol. The SMILES string of the molecule is CC(C)COC(=O)[C@H](CCCCNC(=O)CCCCCCC(=O)Oc1c(F)c(F)c(F)c(F)c1F)NC(=O)N[C@@H](CCC(=O)OC(C)(C)C)C(=O)OC(C)(C)C. The van der Waals surface area contributed by atoms with Gasteiger partial charge in [-0.05, 0) is 86.0 Å². The third kappa shape index (κ3) is 19.9. The van der Waals surface area contributed by atoms with Gasteiger partial charge in [0, 0.05) is 25.8 Å². The van der Waals surface area contributed by atoms with Gasteiger partial charge >= 0.3 is 29.9 Å². The number of urea groups is 1. The lowest BCUT2D eigenvalue weighted by Crippen LogP contribution is -2.52. The molecule has 3 amide bonds. The average Bonchev–Trinajstić information content (AvgIpc) is 3.08. The Morgan fingerprint density at radius 3 is 1.64 bits per heavy atom. The number of hydrogen-bond acceptors (Lipinski definition) is 10. The molecule has 0 aliphatic rings. The number of benzene rings is 1. The average molecular weight is 810 g/mol. The van der Waals surface area contributed by atoms with Crippen molar-refractivity contribution in [1.82, 2.24) is 16.0 Å². The van der Waals surface area contributed by atoms with Crippen molar-refractivity contribution in [3.8, 4) is 5.75 Å². The molecule has 318 valence electrons. The first-order valence-electron chi connectivity index (χ1n) is 18.6. The van der Waals surface area contributed by atoms with Crippen LogP contribution in [0.3, 0.4) is 0 Å². The number of carbonyl (C=O) groups is 6. The van der Waals surface area contributed by atoms with Crippen LogP contribution in [0.4, 0.5) is 26.7 Å². The van der Waals surface area contributed by atoms with E-state index in [1.54, 1.807) is 41.5 Å². The van der Waals surface area contributed by atoms with Crippen molar-refractivity contribution in [2.45, 2.75) is 149 Å². The number of carbonyl (C=O) groups excluding carboxylic acids is 6. The van der Waals surface area contributed by atoms with Crippen molar-refractivity contribution in [3.63, 3.8) is 0 Å². The van der Waals surface area contributed by atoms with E-state index in [2.05, 4.69) is 20.7 Å². The van der Waals surface area contributed by atoms with Gasteiger partial charge in [-0.15, -0.1) is 0 Å². The summed E-state index contributed by atoms with van der Waals surface area (Å²) >= 11 is 0. The van der Waals surface area contributed by atoms with E-state index in [9.17, 15) is 50.7 Å². The Kier molecular flexibility index (Phi) is 20.8. The lowest BCUT2D eigenvalue weighted by Gasteiger charge is -2.26. The number of nitrogens with one attached hydrogen (secondary N) is 3. The van der Waals surface area contributed by atoms with Crippen molar-refractivity contribution in [2.24, 2.45) is 5.92 Å². The summed E-state index contributed by atoms with van der Waals surface area (Å²) in [4.78, 5) is 75.4. The molecule has 0 aromatic heterocycles. The van der Waals surface area contributed by atoms with Crippen LogP contribution in [0.15, 0.2) is 0 Å². The van der Waals surface area contributed by atoms with Crippen LogP contribution in [0.2, 0.25) is 0 Å². The Balaban J connectivity index is 2.58. The third-order valence-corrected chi connectivity index (χ3v) is 7.36. The van der Waals surface area contributed by atoms with Crippen LogP contribution in [-0.2, 0) is 38.2 Å². The van der Waals surface area contributed by atoms with E-state index >= 15 is 0 Å². The second-order valence-corrected chi connectivity index (χ2v) is 15.5. The van der Waals surface area contributed by atoms with Gasteiger partial charge in [-0.3, -0.25) is 14.4 Å². The summed E-state index contributed by atoms with van der Waals surface area (Å²) in [7, 11) is 0. The molecule has 1 aromatic rings. The van der Waals surface area contributed by atoms with Crippen LogP contribution in [0.1, 0.15) is 126 Å². The first-order valence-corrected chi connectivity index (χ1v) is 18.6. The summed E-state index contributed by atoms with van der Waals surface area (Å²) < 4.78 is 87.6. The van der Waals surface area contributed by atoms with Gasteiger partial charge in [0.2, 0.25) is 40.7 Å². The normalized spacial score (nSPS) is 12.7. The highest BCUT2D eigenvalue weighted by Crippen LogP contribution is 2.29. The van der Waals surface area contributed by atoms with Crippen LogP contribution in [0.25, 0.3) is 0 Å². The largest absolute Gasteiger partial charge is 0.464 e. The van der Waals surface area contributed by atoms with Crippen molar-refractivity contribution in [1.29, 1.82) is 0 Å². The van der Waals surface area contributed by atoms with Gasteiger partial charge < -0.3 is 34.9 Å². The predicted molar refractivity (Wildman–Crippen MR) is 192 cm³/mol. The number of unbranched alkanes of at least 4 members (excludes halogenated alkanes) is 4. The molecule has 1 aromatic carbocycles. The first-order chi connectivity index (χ1) is 25.9. The molecule has 2 atom stereocenters. The van der Waals surface area contributed by atoms with Crippen molar-refractivity contribution >= 4 is 35.8 Å². The molecule has 0 spiro atoms. The molecule has 18 heteroatoms. The fraction of sp³-hybridized carbons (Fsp3) is 0.684.